The van der Waals surface area contributed by atoms with Crippen LogP contribution in [0.25, 0.3) is 0 Å². The molecule has 22 heavy (non-hydrogen) atoms. The molecule has 0 bridgehead atoms. The van der Waals surface area contributed by atoms with Gasteiger partial charge in [0.25, 0.3) is 0 Å². The number of likely N-dealkylation sites (tertiary alicyclic amines) is 1. The van der Waals surface area contributed by atoms with Gasteiger partial charge in [-0.1, -0.05) is 24.3 Å². The molecule has 0 aromatic heterocycles. The van der Waals surface area contributed by atoms with E-state index in [9.17, 15) is 4.79 Å². The first-order valence-electron chi connectivity index (χ1n) is 8.05. The van der Waals surface area contributed by atoms with Gasteiger partial charge in [-0.05, 0) is 43.5 Å². The smallest absolute Gasteiger partial charge is 0.410 e. The van der Waals surface area contributed by atoms with Crippen molar-refractivity contribution in [1.82, 2.24) is 9.80 Å². The lowest BCUT2D eigenvalue weighted by atomic mass is 9.92. The summed E-state index contributed by atoms with van der Waals surface area (Å²) >= 11 is 0. The molecule has 2 fully saturated rings. The fraction of sp³-hybridized carbons (Fsp3) is 0.588. The highest BCUT2D eigenvalue weighted by molar-refractivity contribution is 5.70. The van der Waals surface area contributed by atoms with Crippen molar-refractivity contribution in [3.63, 3.8) is 0 Å². The van der Waals surface area contributed by atoms with Gasteiger partial charge in [0, 0.05) is 20.1 Å². The Labute approximate surface area is 132 Å². The molecule has 120 valence electrons. The predicted octanol–water partition coefficient (Wildman–Crippen LogP) is 1.60. The summed E-state index contributed by atoms with van der Waals surface area (Å²) < 4.78 is 5.66. The van der Waals surface area contributed by atoms with Crippen LogP contribution in [0, 0.1) is 0 Å². The van der Waals surface area contributed by atoms with Gasteiger partial charge in [-0.15, -0.1) is 0 Å². The maximum Gasteiger partial charge on any atom is 0.410 e. The standard InChI is InChI=1S/C17H25N3O2/c1-19-12-17(22-16(19)21)7-3-9-20(13-17)11-15-5-2-4-14(10-15)6-8-18/h2,4-5,10H,3,6-9,11-13,18H2,1H3. The van der Waals surface area contributed by atoms with Crippen molar-refractivity contribution in [3.05, 3.63) is 35.4 Å². The van der Waals surface area contributed by atoms with E-state index in [1.807, 2.05) is 7.05 Å². The van der Waals surface area contributed by atoms with Crippen molar-refractivity contribution in [2.75, 3.05) is 33.2 Å². The molecule has 1 amide bonds. The zero-order valence-electron chi connectivity index (χ0n) is 13.3. The van der Waals surface area contributed by atoms with Crippen LogP contribution in [0.5, 0.6) is 0 Å². The fourth-order valence-corrected chi connectivity index (χ4v) is 3.64. The Morgan fingerprint density at radius 3 is 2.86 bits per heavy atom. The summed E-state index contributed by atoms with van der Waals surface area (Å²) in [6, 6.07) is 8.63. The summed E-state index contributed by atoms with van der Waals surface area (Å²) in [6.45, 7) is 4.17. The average molecular weight is 303 g/mol. The number of piperidine rings is 1. The van der Waals surface area contributed by atoms with Crippen LogP contribution in [0.15, 0.2) is 24.3 Å². The minimum absolute atomic E-state index is 0.188. The number of carbonyl (C=O) groups is 1. The van der Waals surface area contributed by atoms with Gasteiger partial charge in [0.2, 0.25) is 0 Å². The summed E-state index contributed by atoms with van der Waals surface area (Å²) in [5.74, 6) is 0. The minimum atomic E-state index is -0.307. The normalized spacial score (nSPS) is 25.7. The molecule has 1 aromatic rings. The Morgan fingerprint density at radius 2 is 2.14 bits per heavy atom. The molecule has 1 aromatic carbocycles. The van der Waals surface area contributed by atoms with E-state index in [0.29, 0.717) is 13.1 Å². The fourth-order valence-electron chi connectivity index (χ4n) is 3.64. The zero-order valence-corrected chi connectivity index (χ0v) is 13.3. The van der Waals surface area contributed by atoms with Crippen molar-refractivity contribution >= 4 is 6.09 Å². The summed E-state index contributed by atoms with van der Waals surface area (Å²) in [7, 11) is 1.81. The van der Waals surface area contributed by atoms with Crippen molar-refractivity contribution in [2.45, 2.75) is 31.4 Å². The number of likely N-dealkylation sites (N-methyl/N-ethyl adjacent to an activating group) is 1. The van der Waals surface area contributed by atoms with E-state index in [0.717, 1.165) is 38.9 Å². The summed E-state index contributed by atoms with van der Waals surface area (Å²) in [5.41, 5.74) is 7.93. The lowest BCUT2D eigenvalue weighted by Crippen LogP contribution is -2.50. The highest BCUT2D eigenvalue weighted by Gasteiger charge is 2.46. The lowest BCUT2D eigenvalue weighted by Gasteiger charge is -2.38. The van der Waals surface area contributed by atoms with Gasteiger partial charge in [0.15, 0.2) is 0 Å². The van der Waals surface area contributed by atoms with Crippen LogP contribution in [-0.4, -0.2) is 54.7 Å². The molecule has 2 N–H and O–H groups in total. The number of hydrogen-bond donors (Lipinski definition) is 1. The van der Waals surface area contributed by atoms with E-state index < -0.39 is 0 Å². The number of amides is 1. The number of carbonyl (C=O) groups excluding carboxylic acids is 1. The Morgan fingerprint density at radius 1 is 1.32 bits per heavy atom. The molecule has 0 radical (unpaired) electrons. The number of benzene rings is 1. The molecule has 2 heterocycles. The molecule has 2 aliphatic heterocycles. The van der Waals surface area contributed by atoms with Crippen molar-refractivity contribution in [2.24, 2.45) is 5.73 Å². The molecule has 1 spiro atoms. The van der Waals surface area contributed by atoms with Gasteiger partial charge in [0.05, 0.1) is 6.54 Å². The molecule has 1 atom stereocenters. The van der Waals surface area contributed by atoms with E-state index in [4.69, 9.17) is 10.5 Å². The van der Waals surface area contributed by atoms with Crippen molar-refractivity contribution in [1.29, 1.82) is 0 Å². The Kier molecular flexibility index (Phi) is 4.36. The van der Waals surface area contributed by atoms with E-state index in [-0.39, 0.29) is 11.7 Å². The van der Waals surface area contributed by atoms with Gasteiger partial charge in [0.1, 0.15) is 5.60 Å². The van der Waals surface area contributed by atoms with E-state index in [2.05, 4.69) is 29.2 Å². The van der Waals surface area contributed by atoms with Crippen LogP contribution < -0.4 is 5.73 Å². The first-order valence-corrected chi connectivity index (χ1v) is 8.05. The van der Waals surface area contributed by atoms with Gasteiger partial charge in [-0.25, -0.2) is 4.79 Å². The maximum absolute atomic E-state index is 11.7. The molecule has 1 unspecified atom stereocenters. The number of nitrogens with two attached hydrogens (primary N) is 1. The van der Waals surface area contributed by atoms with Gasteiger partial charge >= 0.3 is 6.09 Å². The first kappa shape index (κ1) is 15.3. The molecule has 5 heteroatoms. The Bertz CT molecular complexity index is 548. The quantitative estimate of drug-likeness (QED) is 0.918. The van der Waals surface area contributed by atoms with Crippen LogP contribution in [0.4, 0.5) is 4.79 Å². The van der Waals surface area contributed by atoms with E-state index >= 15 is 0 Å². The first-order chi connectivity index (χ1) is 10.6. The molecule has 2 aliphatic rings. The Balaban J connectivity index is 1.66. The summed E-state index contributed by atoms with van der Waals surface area (Å²) in [4.78, 5) is 15.8. The predicted molar refractivity (Wildman–Crippen MR) is 85.6 cm³/mol. The van der Waals surface area contributed by atoms with Crippen LogP contribution in [0.3, 0.4) is 0 Å². The third-order valence-electron chi connectivity index (χ3n) is 4.59. The third kappa shape index (κ3) is 3.25. The summed E-state index contributed by atoms with van der Waals surface area (Å²) in [5, 5.41) is 0. The van der Waals surface area contributed by atoms with Crippen LogP contribution >= 0.6 is 0 Å². The third-order valence-corrected chi connectivity index (χ3v) is 4.59. The second kappa shape index (κ2) is 6.26. The molecular formula is C17H25N3O2. The van der Waals surface area contributed by atoms with Crippen LogP contribution in [-0.2, 0) is 17.7 Å². The number of nitrogens with zero attached hydrogens (tertiary/aromatic N) is 2. The largest absolute Gasteiger partial charge is 0.440 e. The molecule has 2 saturated heterocycles. The number of hydrogen-bond acceptors (Lipinski definition) is 4. The number of rotatable bonds is 4. The summed E-state index contributed by atoms with van der Waals surface area (Å²) in [6.07, 6.45) is 2.77. The number of ether oxygens (including phenoxy) is 1. The van der Waals surface area contributed by atoms with E-state index in [1.54, 1.807) is 4.90 Å². The lowest BCUT2D eigenvalue weighted by molar-refractivity contribution is -0.0113. The van der Waals surface area contributed by atoms with Gasteiger partial charge in [-0.2, -0.15) is 0 Å². The topological polar surface area (TPSA) is 58.8 Å². The monoisotopic (exact) mass is 303 g/mol. The maximum atomic E-state index is 11.7. The molecule has 0 aliphatic carbocycles. The average Bonchev–Trinajstić information content (AvgIpc) is 2.73. The van der Waals surface area contributed by atoms with Crippen molar-refractivity contribution < 1.29 is 9.53 Å². The molecule has 5 nitrogen and oxygen atoms in total. The molecule has 3 rings (SSSR count). The molecule has 0 saturated carbocycles. The SMILES string of the molecule is CN1CC2(CCCN(Cc3cccc(CCN)c3)C2)OC1=O. The van der Waals surface area contributed by atoms with Crippen LogP contribution in [0.1, 0.15) is 24.0 Å². The van der Waals surface area contributed by atoms with Crippen LogP contribution in [0.2, 0.25) is 0 Å². The van der Waals surface area contributed by atoms with Crippen molar-refractivity contribution in [3.8, 4) is 0 Å². The second-order valence-corrected chi connectivity index (χ2v) is 6.58. The molecular weight excluding hydrogens is 278 g/mol. The highest BCUT2D eigenvalue weighted by Crippen LogP contribution is 2.31. The Hall–Kier alpha value is -1.59. The zero-order chi connectivity index (χ0) is 15.6. The van der Waals surface area contributed by atoms with E-state index in [1.165, 1.54) is 11.1 Å². The second-order valence-electron chi connectivity index (χ2n) is 6.58. The highest BCUT2D eigenvalue weighted by atomic mass is 16.6. The van der Waals surface area contributed by atoms with Gasteiger partial charge < -0.3 is 15.4 Å². The minimum Gasteiger partial charge on any atom is -0.440 e. The van der Waals surface area contributed by atoms with Gasteiger partial charge in [-0.3, -0.25) is 4.90 Å².